The van der Waals surface area contributed by atoms with Crippen LogP contribution in [0.3, 0.4) is 0 Å². The zero-order valence-corrected chi connectivity index (χ0v) is 12.1. The fourth-order valence-electron chi connectivity index (χ4n) is 1.54. The Kier molecular flexibility index (Phi) is 4.66. The molecular weight excluding hydrogens is 307 g/mol. The Morgan fingerprint density at radius 1 is 1.40 bits per heavy atom. The van der Waals surface area contributed by atoms with Crippen molar-refractivity contribution in [2.75, 3.05) is 5.75 Å². The number of aromatic nitrogens is 2. The lowest BCUT2D eigenvalue weighted by molar-refractivity contribution is -0.137. The van der Waals surface area contributed by atoms with E-state index < -0.39 is 17.8 Å². The third-order valence-electron chi connectivity index (χ3n) is 2.54. The molecule has 1 atom stereocenters. The van der Waals surface area contributed by atoms with E-state index in [0.29, 0.717) is 17.1 Å². The number of hydrogen-bond donors (Lipinski definition) is 1. The Bertz CT molecular complexity index is 583. The van der Waals surface area contributed by atoms with E-state index in [1.54, 1.807) is 13.0 Å². The summed E-state index contributed by atoms with van der Waals surface area (Å²) in [5.41, 5.74) is 5.72. The number of aryl methyl sites for hydroxylation is 1. The van der Waals surface area contributed by atoms with Crippen molar-refractivity contribution in [3.05, 3.63) is 41.2 Å². The van der Waals surface area contributed by atoms with Crippen molar-refractivity contribution in [3.63, 3.8) is 0 Å². The van der Waals surface area contributed by atoms with Crippen LogP contribution in [0.5, 0.6) is 0 Å². The highest BCUT2D eigenvalue weighted by atomic mass is 32.2. The lowest BCUT2D eigenvalue weighted by Crippen LogP contribution is -2.14. The minimum absolute atomic E-state index is 0.454. The molecule has 1 unspecified atom stereocenters. The molecule has 0 amide bonds. The smallest absolute Gasteiger partial charge is 0.323 e. The summed E-state index contributed by atoms with van der Waals surface area (Å²) < 4.78 is 42.7. The highest BCUT2D eigenvalue weighted by Crippen LogP contribution is 2.31. The van der Waals surface area contributed by atoms with Gasteiger partial charge in [-0.25, -0.2) is 4.98 Å². The predicted octanol–water partition coefficient (Wildman–Crippen LogP) is 3.66. The normalized spacial score (nSPS) is 13.4. The van der Waals surface area contributed by atoms with Gasteiger partial charge in [-0.15, -0.1) is 0 Å². The van der Waals surface area contributed by atoms with E-state index in [2.05, 4.69) is 9.36 Å². The first kappa shape index (κ1) is 15.3. The van der Waals surface area contributed by atoms with Crippen LogP contribution in [-0.2, 0) is 6.18 Å². The quantitative estimate of drug-likeness (QED) is 0.874. The lowest BCUT2D eigenvalue weighted by Gasteiger charge is -2.13. The molecule has 0 saturated carbocycles. The maximum Gasteiger partial charge on any atom is 0.416 e. The van der Waals surface area contributed by atoms with Gasteiger partial charge in [0.05, 0.1) is 5.56 Å². The average Bonchev–Trinajstić information content (AvgIpc) is 2.81. The van der Waals surface area contributed by atoms with Gasteiger partial charge in [-0.2, -0.15) is 17.5 Å². The second-order valence-electron chi connectivity index (χ2n) is 4.15. The number of rotatable bonds is 4. The summed E-state index contributed by atoms with van der Waals surface area (Å²) in [6.45, 7) is 1.79. The summed E-state index contributed by atoms with van der Waals surface area (Å²) in [5.74, 6) is 1.14. The largest absolute Gasteiger partial charge is 0.416 e. The molecule has 20 heavy (non-hydrogen) atoms. The molecule has 1 heterocycles. The first-order valence-corrected chi connectivity index (χ1v) is 7.48. The molecule has 3 nitrogen and oxygen atoms in total. The maximum atomic E-state index is 12.6. The summed E-state index contributed by atoms with van der Waals surface area (Å²) in [6.07, 6.45) is -4.35. The first-order chi connectivity index (χ1) is 9.36. The van der Waals surface area contributed by atoms with Crippen LogP contribution in [0.25, 0.3) is 0 Å². The Balaban J connectivity index is 2.03. The molecule has 0 aliphatic rings. The number of hydrogen-bond acceptors (Lipinski definition) is 5. The topological polar surface area (TPSA) is 51.8 Å². The summed E-state index contributed by atoms with van der Waals surface area (Å²) in [5, 5.41) is 0. The van der Waals surface area contributed by atoms with Crippen molar-refractivity contribution >= 4 is 23.3 Å². The third-order valence-corrected chi connectivity index (χ3v) is 4.58. The van der Waals surface area contributed by atoms with Gasteiger partial charge < -0.3 is 5.73 Å². The minimum atomic E-state index is -4.35. The third kappa shape index (κ3) is 3.94. The predicted molar refractivity (Wildman–Crippen MR) is 73.7 cm³/mol. The van der Waals surface area contributed by atoms with E-state index in [4.69, 9.17) is 5.73 Å². The Labute approximate surface area is 122 Å². The van der Waals surface area contributed by atoms with E-state index in [-0.39, 0.29) is 0 Å². The van der Waals surface area contributed by atoms with Gasteiger partial charge in [0, 0.05) is 11.8 Å². The molecule has 0 saturated heterocycles. The van der Waals surface area contributed by atoms with Crippen molar-refractivity contribution in [2.24, 2.45) is 5.73 Å². The number of thioether (sulfide) groups is 1. The number of nitrogens with zero attached hydrogens (tertiary/aromatic N) is 2. The van der Waals surface area contributed by atoms with Crippen LogP contribution in [-0.4, -0.2) is 15.1 Å². The molecule has 0 aliphatic carbocycles. The molecule has 1 aromatic heterocycles. The fraction of sp³-hybridized carbons (Fsp3) is 0.333. The van der Waals surface area contributed by atoms with Gasteiger partial charge in [0.1, 0.15) is 5.82 Å². The molecule has 8 heteroatoms. The van der Waals surface area contributed by atoms with Crippen LogP contribution >= 0.6 is 23.3 Å². The number of halogens is 3. The van der Waals surface area contributed by atoms with E-state index in [0.717, 1.165) is 16.5 Å². The second kappa shape index (κ2) is 6.11. The molecule has 2 rings (SSSR count). The molecular formula is C12H12F3N3S2. The molecule has 0 radical (unpaired) electrons. The van der Waals surface area contributed by atoms with Crippen molar-refractivity contribution in [1.82, 2.24) is 9.36 Å². The Hall–Kier alpha value is -1.12. The van der Waals surface area contributed by atoms with Gasteiger partial charge in [-0.1, -0.05) is 23.9 Å². The van der Waals surface area contributed by atoms with Gasteiger partial charge in [0.25, 0.3) is 0 Å². The molecule has 2 aromatic rings. The van der Waals surface area contributed by atoms with Gasteiger partial charge in [-0.3, -0.25) is 0 Å². The molecule has 1 aromatic carbocycles. The monoisotopic (exact) mass is 319 g/mol. The number of alkyl halides is 3. The van der Waals surface area contributed by atoms with Crippen molar-refractivity contribution in [3.8, 4) is 0 Å². The summed E-state index contributed by atoms with van der Waals surface area (Å²) >= 11 is 2.66. The standard InChI is InChI=1S/C12H12F3N3S2/c1-7-17-11(20-18-7)19-6-10(16)8-3-2-4-9(5-8)12(13,14)15/h2-5,10H,6,16H2,1H3. The molecule has 2 N–H and O–H groups in total. The van der Waals surface area contributed by atoms with Crippen LogP contribution in [0.15, 0.2) is 28.6 Å². The van der Waals surface area contributed by atoms with E-state index in [9.17, 15) is 13.2 Å². The Morgan fingerprint density at radius 2 is 2.15 bits per heavy atom. The van der Waals surface area contributed by atoms with Crippen LogP contribution < -0.4 is 5.73 Å². The SMILES string of the molecule is Cc1nsc(SCC(N)c2cccc(C(F)(F)F)c2)n1. The van der Waals surface area contributed by atoms with Crippen LogP contribution in [0.1, 0.15) is 23.0 Å². The highest BCUT2D eigenvalue weighted by Gasteiger charge is 2.30. The van der Waals surface area contributed by atoms with Crippen LogP contribution in [0.4, 0.5) is 13.2 Å². The van der Waals surface area contributed by atoms with Gasteiger partial charge >= 0.3 is 6.18 Å². The van der Waals surface area contributed by atoms with E-state index >= 15 is 0 Å². The number of nitrogens with two attached hydrogens (primary N) is 1. The molecule has 0 aliphatic heterocycles. The van der Waals surface area contributed by atoms with Gasteiger partial charge in [-0.05, 0) is 36.2 Å². The second-order valence-corrected chi connectivity index (χ2v) is 6.17. The average molecular weight is 319 g/mol. The minimum Gasteiger partial charge on any atom is -0.323 e. The van der Waals surface area contributed by atoms with Crippen LogP contribution in [0.2, 0.25) is 0 Å². The first-order valence-electron chi connectivity index (χ1n) is 5.72. The zero-order valence-electron chi connectivity index (χ0n) is 10.5. The van der Waals surface area contributed by atoms with Crippen molar-refractivity contribution in [2.45, 2.75) is 23.5 Å². The summed E-state index contributed by atoms with van der Waals surface area (Å²) in [7, 11) is 0. The fourth-order valence-corrected chi connectivity index (χ4v) is 3.20. The highest BCUT2D eigenvalue weighted by molar-refractivity contribution is 8.00. The zero-order chi connectivity index (χ0) is 14.8. The van der Waals surface area contributed by atoms with Gasteiger partial charge in [0.15, 0.2) is 4.34 Å². The van der Waals surface area contributed by atoms with E-state index in [1.165, 1.54) is 29.4 Å². The molecule has 108 valence electrons. The van der Waals surface area contributed by atoms with Crippen molar-refractivity contribution in [1.29, 1.82) is 0 Å². The van der Waals surface area contributed by atoms with E-state index in [1.807, 2.05) is 0 Å². The Morgan fingerprint density at radius 3 is 2.75 bits per heavy atom. The number of benzene rings is 1. The molecule has 0 bridgehead atoms. The summed E-state index contributed by atoms with van der Waals surface area (Å²) in [4.78, 5) is 4.17. The summed E-state index contributed by atoms with van der Waals surface area (Å²) in [6, 6.07) is 4.63. The van der Waals surface area contributed by atoms with Gasteiger partial charge in [0.2, 0.25) is 0 Å². The van der Waals surface area contributed by atoms with Crippen molar-refractivity contribution < 1.29 is 13.2 Å². The lowest BCUT2D eigenvalue weighted by atomic mass is 10.1. The molecule has 0 spiro atoms. The maximum absolute atomic E-state index is 12.6. The van der Waals surface area contributed by atoms with Crippen LogP contribution in [0, 0.1) is 6.92 Å². The molecule has 0 fully saturated rings.